The maximum Gasteiger partial charge on any atom is 0.251 e. The van der Waals surface area contributed by atoms with Crippen molar-refractivity contribution in [3.63, 3.8) is 0 Å². The molecule has 9 nitrogen and oxygen atoms in total. The number of halogens is 1. The zero-order chi connectivity index (χ0) is 31.3. The lowest BCUT2D eigenvalue weighted by molar-refractivity contribution is -0.130. The van der Waals surface area contributed by atoms with Crippen molar-refractivity contribution in [2.75, 3.05) is 6.61 Å². The molecular weight excluding hydrogens is 578 g/mol. The Morgan fingerprint density at radius 3 is 2.09 bits per heavy atom. The molecule has 1 aromatic heterocycles. The van der Waals surface area contributed by atoms with E-state index in [1.54, 1.807) is 42.6 Å². The molecule has 228 valence electrons. The summed E-state index contributed by atoms with van der Waals surface area (Å²) in [4.78, 5) is 44.8. The van der Waals surface area contributed by atoms with Gasteiger partial charge in [-0.15, -0.1) is 0 Å². The van der Waals surface area contributed by atoms with Gasteiger partial charge >= 0.3 is 0 Å². The summed E-state index contributed by atoms with van der Waals surface area (Å²) in [7, 11) is 0. The molecule has 44 heavy (non-hydrogen) atoms. The van der Waals surface area contributed by atoms with E-state index in [2.05, 4.69) is 20.9 Å². The third kappa shape index (κ3) is 9.65. The van der Waals surface area contributed by atoms with Crippen molar-refractivity contribution in [1.82, 2.24) is 20.9 Å². The summed E-state index contributed by atoms with van der Waals surface area (Å²) in [5.41, 5.74) is 9.35. The Labute approximate surface area is 262 Å². The fourth-order valence-corrected chi connectivity index (χ4v) is 4.62. The quantitative estimate of drug-likeness (QED) is 0.170. The van der Waals surface area contributed by atoms with Crippen LogP contribution in [0, 0.1) is 0 Å². The maximum absolute atomic E-state index is 13.8. The van der Waals surface area contributed by atoms with Gasteiger partial charge in [0.2, 0.25) is 11.8 Å². The van der Waals surface area contributed by atoms with Crippen molar-refractivity contribution >= 4 is 29.3 Å². The number of pyridine rings is 1. The number of carbonyl (C=O) groups excluding carboxylic acids is 3. The fourth-order valence-electron chi connectivity index (χ4n) is 4.49. The minimum Gasteiger partial charge on any atom is -0.494 e. The molecule has 4 aromatic rings. The molecule has 0 aliphatic heterocycles. The summed E-state index contributed by atoms with van der Waals surface area (Å²) in [5, 5.41) is 9.11. The van der Waals surface area contributed by atoms with Crippen LogP contribution in [0.25, 0.3) is 0 Å². The zero-order valence-corrected chi connectivity index (χ0v) is 25.2. The number of rotatable bonds is 14. The first-order valence-electron chi connectivity index (χ1n) is 14.4. The average molecular weight is 614 g/mol. The van der Waals surface area contributed by atoms with Gasteiger partial charge in [-0.25, -0.2) is 0 Å². The number of hydrogen-bond acceptors (Lipinski definition) is 6. The summed E-state index contributed by atoms with van der Waals surface area (Å²) in [6.07, 6.45) is 1.97. The van der Waals surface area contributed by atoms with Crippen molar-refractivity contribution < 1.29 is 19.1 Å². The minimum atomic E-state index is -0.987. The van der Waals surface area contributed by atoms with E-state index in [1.807, 2.05) is 61.5 Å². The second-order valence-corrected chi connectivity index (χ2v) is 10.6. The van der Waals surface area contributed by atoms with Crippen LogP contribution in [0.1, 0.15) is 39.7 Å². The maximum atomic E-state index is 13.8. The molecule has 5 N–H and O–H groups in total. The number of carbonyl (C=O) groups is 3. The van der Waals surface area contributed by atoms with Crippen LogP contribution in [-0.2, 0) is 35.5 Å². The van der Waals surface area contributed by atoms with Crippen molar-refractivity contribution in [2.24, 2.45) is 5.73 Å². The fraction of sp³-hybridized carbons (Fsp3) is 0.235. The molecule has 0 fully saturated rings. The molecule has 0 saturated carbocycles. The van der Waals surface area contributed by atoms with E-state index in [1.165, 1.54) is 0 Å². The molecule has 0 spiro atoms. The molecule has 4 rings (SSSR count). The minimum absolute atomic E-state index is 0.158. The van der Waals surface area contributed by atoms with E-state index in [0.717, 1.165) is 16.7 Å². The Bertz CT molecular complexity index is 1510. The van der Waals surface area contributed by atoms with Crippen LogP contribution in [0.3, 0.4) is 0 Å². The van der Waals surface area contributed by atoms with Crippen LogP contribution >= 0.6 is 11.6 Å². The lowest BCUT2D eigenvalue weighted by Crippen LogP contribution is -2.55. The summed E-state index contributed by atoms with van der Waals surface area (Å²) in [6, 6.07) is 24.7. The highest BCUT2D eigenvalue weighted by Gasteiger charge is 2.28. The third-order valence-corrected chi connectivity index (χ3v) is 7.15. The largest absolute Gasteiger partial charge is 0.494 e. The smallest absolute Gasteiger partial charge is 0.251 e. The van der Waals surface area contributed by atoms with E-state index < -0.39 is 23.9 Å². The molecule has 0 aliphatic rings. The van der Waals surface area contributed by atoms with Crippen LogP contribution in [-0.4, -0.2) is 41.4 Å². The van der Waals surface area contributed by atoms with E-state index in [4.69, 9.17) is 22.1 Å². The normalized spacial score (nSPS) is 12.1. The zero-order valence-electron chi connectivity index (χ0n) is 24.5. The average Bonchev–Trinajstić information content (AvgIpc) is 3.05. The molecule has 3 aromatic carbocycles. The van der Waals surface area contributed by atoms with Crippen LogP contribution < -0.4 is 26.4 Å². The van der Waals surface area contributed by atoms with Crippen LogP contribution in [0.2, 0.25) is 5.02 Å². The Balaban J connectivity index is 1.53. The van der Waals surface area contributed by atoms with Gasteiger partial charge in [0.05, 0.1) is 6.61 Å². The third-order valence-electron chi connectivity index (χ3n) is 6.90. The Hall–Kier alpha value is -4.73. The first-order valence-corrected chi connectivity index (χ1v) is 14.8. The number of aromatic nitrogens is 1. The standard InChI is InChI=1S/C34H36ClN5O4/c1-2-44-29-16-10-23(11-17-29)19-30(39-32(41)26-12-14-27(35)15-13-26)34(43)40-31(20-28-5-3-4-18-37-28)33(42)38-22-25-8-6-24(21-36)7-9-25/h3-18,30-31H,2,19-22,36H2,1H3,(H,38,42)(H,39,41)(H,40,43)/t30-,31+/m1/s1. The molecule has 0 unspecified atom stereocenters. The number of nitrogens with two attached hydrogens (primary N) is 1. The molecule has 0 bridgehead atoms. The molecular formula is C34H36ClN5O4. The van der Waals surface area contributed by atoms with Crippen LogP contribution in [0.5, 0.6) is 5.75 Å². The van der Waals surface area contributed by atoms with Gasteiger partial charge in [0.25, 0.3) is 5.91 Å². The molecule has 0 aliphatic carbocycles. The highest BCUT2D eigenvalue weighted by atomic mass is 35.5. The first kappa shape index (κ1) is 32.2. The molecule has 2 atom stereocenters. The second-order valence-electron chi connectivity index (χ2n) is 10.1. The molecule has 1 heterocycles. The van der Waals surface area contributed by atoms with Gasteiger partial charge in [0, 0.05) is 48.4 Å². The van der Waals surface area contributed by atoms with E-state index in [-0.39, 0.29) is 25.3 Å². The predicted octanol–water partition coefficient (Wildman–Crippen LogP) is 3.98. The molecule has 3 amide bonds. The molecule has 0 saturated heterocycles. The van der Waals surface area contributed by atoms with Gasteiger partial charge in [-0.3, -0.25) is 19.4 Å². The first-order chi connectivity index (χ1) is 21.3. The number of ether oxygens (including phenoxy) is 1. The predicted molar refractivity (Wildman–Crippen MR) is 170 cm³/mol. The highest BCUT2D eigenvalue weighted by molar-refractivity contribution is 6.30. The topological polar surface area (TPSA) is 135 Å². The summed E-state index contributed by atoms with van der Waals surface area (Å²) in [6.45, 7) is 3.12. The van der Waals surface area contributed by atoms with Crippen molar-refractivity contribution in [3.05, 3.63) is 130 Å². The van der Waals surface area contributed by atoms with Crippen molar-refractivity contribution in [3.8, 4) is 5.75 Å². The lowest BCUT2D eigenvalue weighted by atomic mass is 10.0. The van der Waals surface area contributed by atoms with Gasteiger partial charge in [-0.05, 0) is 72.1 Å². The monoisotopic (exact) mass is 613 g/mol. The van der Waals surface area contributed by atoms with Gasteiger partial charge in [-0.2, -0.15) is 0 Å². The number of nitrogens with zero attached hydrogens (tertiary/aromatic N) is 1. The molecule has 0 radical (unpaired) electrons. The Kier molecular flexibility index (Phi) is 11.9. The SMILES string of the molecule is CCOc1ccc(C[C@@H](NC(=O)c2ccc(Cl)cc2)C(=O)N[C@@H](Cc2ccccn2)C(=O)NCc2ccc(CN)cc2)cc1. The van der Waals surface area contributed by atoms with E-state index in [9.17, 15) is 14.4 Å². The number of amides is 3. The summed E-state index contributed by atoms with van der Waals surface area (Å²) >= 11 is 5.99. The van der Waals surface area contributed by atoms with Gasteiger partial charge in [-0.1, -0.05) is 54.1 Å². The summed E-state index contributed by atoms with van der Waals surface area (Å²) in [5.74, 6) is -0.632. The van der Waals surface area contributed by atoms with Crippen molar-refractivity contribution in [2.45, 2.75) is 44.9 Å². The van der Waals surface area contributed by atoms with E-state index >= 15 is 0 Å². The van der Waals surface area contributed by atoms with E-state index in [0.29, 0.717) is 35.2 Å². The van der Waals surface area contributed by atoms with Crippen molar-refractivity contribution in [1.29, 1.82) is 0 Å². The number of benzene rings is 3. The second kappa shape index (κ2) is 16.2. The lowest BCUT2D eigenvalue weighted by Gasteiger charge is -2.23. The number of nitrogens with one attached hydrogen (secondary N) is 3. The Morgan fingerprint density at radius 1 is 0.795 bits per heavy atom. The highest BCUT2D eigenvalue weighted by Crippen LogP contribution is 2.15. The van der Waals surface area contributed by atoms with Gasteiger partial charge in [0.1, 0.15) is 17.8 Å². The van der Waals surface area contributed by atoms with Crippen LogP contribution in [0.15, 0.2) is 97.2 Å². The summed E-state index contributed by atoms with van der Waals surface area (Å²) < 4.78 is 5.53. The van der Waals surface area contributed by atoms with Gasteiger partial charge < -0.3 is 26.4 Å². The Morgan fingerprint density at radius 2 is 1.45 bits per heavy atom. The van der Waals surface area contributed by atoms with Crippen LogP contribution in [0.4, 0.5) is 0 Å². The van der Waals surface area contributed by atoms with Gasteiger partial charge in [0.15, 0.2) is 0 Å². The number of hydrogen-bond donors (Lipinski definition) is 4. The molecule has 10 heteroatoms.